The summed E-state index contributed by atoms with van der Waals surface area (Å²) in [6.45, 7) is 6.42. The van der Waals surface area contributed by atoms with Crippen molar-refractivity contribution in [2.24, 2.45) is 0 Å². The van der Waals surface area contributed by atoms with E-state index >= 15 is 0 Å². The number of ether oxygens (including phenoxy) is 3. The highest BCUT2D eigenvalue weighted by Crippen LogP contribution is 2.13. The van der Waals surface area contributed by atoms with Crippen molar-refractivity contribution >= 4 is 17.9 Å². The van der Waals surface area contributed by atoms with Crippen molar-refractivity contribution in [3.63, 3.8) is 0 Å². The van der Waals surface area contributed by atoms with Crippen LogP contribution in [0.15, 0.2) is 85.1 Å². The summed E-state index contributed by atoms with van der Waals surface area (Å²) in [5, 5.41) is 0. The monoisotopic (exact) mass is 877 g/mol. The van der Waals surface area contributed by atoms with E-state index in [1.807, 2.05) is 0 Å². The van der Waals surface area contributed by atoms with Gasteiger partial charge in [0.1, 0.15) is 13.2 Å². The van der Waals surface area contributed by atoms with E-state index in [4.69, 9.17) is 14.2 Å². The average Bonchev–Trinajstić information content (AvgIpc) is 3.28. The minimum absolute atomic E-state index is 0.0939. The fourth-order valence-electron chi connectivity index (χ4n) is 6.91. The van der Waals surface area contributed by atoms with Crippen LogP contribution in [0.1, 0.15) is 239 Å². The van der Waals surface area contributed by atoms with Crippen LogP contribution in [0.25, 0.3) is 0 Å². The van der Waals surface area contributed by atoms with Gasteiger partial charge in [0.25, 0.3) is 0 Å². The van der Waals surface area contributed by atoms with Crippen molar-refractivity contribution in [2.45, 2.75) is 245 Å². The van der Waals surface area contributed by atoms with Crippen molar-refractivity contribution in [3.8, 4) is 0 Å². The van der Waals surface area contributed by atoms with Crippen LogP contribution in [0.3, 0.4) is 0 Å². The highest BCUT2D eigenvalue weighted by molar-refractivity contribution is 5.71. The lowest BCUT2D eigenvalue weighted by molar-refractivity contribution is -0.167. The molecular weight excluding hydrogens is 781 g/mol. The SMILES string of the molecule is CC/C=C\C/C=C\C/C=C\C/C=C\CCCCCCC(=O)O[C@@H](COC(=O)CCCCCCC/C=C\CCCC)COC(=O)CCCCCCCCC/C=C\C/C=C\CCCCC. The molecule has 0 aliphatic carbocycles. The van der Waals surface area contributed by atoms with Gasteiger partial charge in [-0.15, -0.1) is 0 Å². The molecule has 0 spiro atoms. The Morgan fingerprint density at radius 1 is 0.333 bits per heavy atom. The average molecular weight is 877 g/mol. The molecule has 0 saturated carbocycles. The Morgan fingerprint density at radius 3 is 1.03 bits per heavy atom. The third-order valence-electron chi connectivity index (χ3n) is 10.9. The zero-order valence-corrected chi connectivity index (χ0v) is 41.1. The van der Waals surface area contributed by atoms with Gasteiger partial charge < -0.3 is 14.2 Å². The molecular formula is C57H96O6. The van der Waals surface area contributed by atoms with E-state index in [9.17, 15) is 14.4 Å². The molecule has 0 N–H and O–H groups in total. The topological polar surface area (TPSA) is 78.9 Å². The Hall–Kier alpha value is -3.41. The van der Waals surface area contributed by atoms with E-state index in [0.29, 0.717) is 19.3 Å². The molecule has 0 aromatic carbocycles. The van der Waals surface area contributed by atoms with E-state index in [0.717, 1.165) is 122 Å². The van der Waals surface area contributed by atoms with Crippen molar-refractivity contribution < 1.29 is 28.6 Å². The van der Waals surface area contributed by atoms with Gasteiger partial charge in [-0.2, -0.15) is 0 Å². The first-order valence-electron chi connectivity index (χ1n) is 26.1. The number of rotatable bonds is 46. The minimum atomic E-state index is -0.796. The van der Waals surface area contributed by atoms with Crippen LogP contribution in [0.2, 0.25) is 0 Å². The predicted octanol–water partition coefficient (Wildman–Crippen LogP) is 17.2. The molecule has 1 atom stereocenters. The second-order valence-electron chi connectivity index (χ2n) is 17.0. The van der Waals surface area contributed by atoms with Gasteiger partial charge in [0.15, 0.2) is 6.10 Å². The number of carbonyl (C=O) groups excluding carboxylic acids is 3. The largest absolute Gasteiger partial charge is 0.462 e. The molecule has 6 heteroatoms. The third kappa shape index (κ3) is 49.5. The van der Waals surface area contributed by atoms with Gasteiger partial charge in [0.05, 0.1) is 0 Å². The standard InChI is InChI=1S/C57H96O6/c1-4-7-10-13-16-19-22-24-26-28-30-32-35-38-41-44-47-50-56(59)62-53-54(52-61-55(58)49-46-43-40-37-34-21-18-15-12-9-6-3)63-57(60)51-48-45-42-39-36-33-31-29-27-25-23-20-17-14-11-8-5-2/h8,11,15-20,24-27,31,33,54H,4-7,9-10,12-14,21-23,28-30,32,34-53H2,1-3H3/b11-8-,18-15-,19-16-,20-17-,26-24-,27-25-,33-31-/t54-/m0/s1. The number of carbonyl (C=O) groups is 3. The lowest BCUT2D eigenvalue weighted by Gasteiger charge is -2.18. The van der Waals surface area contributed by atoms with E-state index < -0.39 is 6.10 Å². The van der Waals surface area contributed by atoms with Crippen molar-refractivity contribution in [2.75, 3.05) is 13.2 Å². The smallest absolute Gasteiger partial charge is 0.306 e. The molecule has 0 aromatic heterocycles. The molecule has 0 heterocycles. The molecule has 0 radical (unpaired) electrons. The predicted molar refractivity (Wildman–Crippen MR) is 270 cm³/mol. The lowest BCUT2D eigenvalue weighted by Crippen LogP contribution is -2.30. The normalized spacial score (nSPS) is 12.7. The Labute approximate surface area is 388 Å². The molecule has 6 nitrogen and oxygen atoms in total. The van der Waals surface area contributed by atoms with Gasteiger partial charge in [-0.3, -0.25) is 14.4 Å². The number of allylic oxidation sites excluding steroid dienone is 14. The van der Waals surface area contributed by atoms with Crippen LogP contribution in [0.5, 0.6) is 0 Å². The van der Waals surface area contributed by atoms with Crippen LogP contribution in [0, 0.1) is 0 Å². The van der Waals surface area contributed by atoms with E-state index in [1.165, 1.54) is 77.0 Å². The summed E-state index contributed by atoms with van der Waals surface area (Å²) >= 11 is 0. The number of hydrogen-bond acceptors (Lipinski definition) is 6. The van der Waals surface area contributed by atoms with Gasteiger partial charge in [0, 0.05) is 19.3 Å². The van der Waals surface area contributed by atoms with Crippen molar-refractivity contribution in [1.29, 1.82) is 0 Å². The number of unbranched alkanes of at least 4 members (excludes halogenated alkanes) is 21. The quantitative estimate of drug-likeness (QED) is 0.0262. The van der Waals surface area contributed by atoms with E-state index in [2.05, 4.69) is 106 Å². The summed E-state index contributed by atoms with van der Waals surface area (Å²) in [5.74, 6) is -0.936. The Bertz CT molecular complexity index is 1240. The Morgan fingerprint density at radius 2 is 0.635 bits per heavy atom. The van der Waals surface area contributed by atoms with Crippen LogP contribution < -0.4 is 0 Å². The maximum absolute atomic E-state index is 12.8. The lowest BCUT2D eigenvalue weighted by atomic mass is 10.1. The molecule has 0 saturated heterocycles. The molecule has 0 unspecified atom stereocenters. The second kappa shape index (κ2) is 51.2. The van der Waals surface area contributed by atoms with Gasteiger partial charge in [0.2, 0.25) is 0 Å². The molecule has 0 aliphatic rings. The zero-order valence-electron chi connectivity index (χ0n) is 41.1. The molecule has 0 aromatic rings. The van der Waals surface area contributed by atoms with Gasteiger partial charge >= 0.3 is 17.9 Å². The molecule has 0 fully saturated rings. The number of hydrogen-bond donors (Lipinski definition) is 0. The maximum Gasteiger partial charge on any atom is 0.306 e. The minimum Gasteiger partial charge on any atom is -0.462 e. The van der Waals surface area contributed by atoms with Crippen LogP contribution >= 0.6 is 0 Å². The molecule has 0 aliphatic heterocycles. The summed E-state index contributed by atoms with van der Waals surface area (Å²) in [6, 6.07) is 0. The molecule has 63 heavy (non-hydrogen) atoms. The highest BCUT2D eigenvalue weighted by Gasteiger charge is 2.19. The van der Waals surface area contributed by atoms with Crippen LogP contribution in [-0.4, -0.2) is 37.2 Å². The first-order valence-corrected chi connectivity index (χ1v) is 26.1. The molecule has 0 bridgehead atoms. The summed E-state index contributed by atoms with van der Waals surface area (Å²) < 4.78 is 16.8. The van der Waals surface area contributed by atoms with Gasteiger partial charge in [-0.05, 0) is 109 Å². The Balaban J connectivity index is 4.43. The van der Waals surface area contributed by atoms with E-state index in [-0.39, 0.29) is 31.1 Å². The summed E-state index contributed by atoms with van der Waals surface area (Å²) in [7, 11) is 0. The molecule has 0 rings (SSSR count). The summed E-state index contributed by atoms with van der Waals surface area (Å²) in [4.78, 5) is 38.0. The second-order valence-corrected chi connectivity index (χ2v) is 17.0. The van der Waals surface area contributed by atoms with Crippen molar-refractivity contribution in [3.05, 3.63) is 85.1 Å². The maximum atomic E-state index is 12.8. The fourth-order valence-corrected chi connectivity index (χ4v) is 6.91. The van der Waals surface area contributed by atoms with Crippen molar-refractivity contribution in [1.82, 2.24) is 0 Å². The zero-order chi connectivity index (χ0) is 45.8. The third-order valence-corrected chi connectivity index (χ3v) is 10.9. The first kappa shape index (κ1) is 59.6. The summed E-state index contributed by atoms with van der Waals surface area (Å²) in [5.41, 5.74) is 0. The van der Waals surface area contributed by atoms with E-state index in [1.54, 1.807) is 0 Å². The molecule has 360 valence electrons. The van der Waals surface area contributed by atoms with Crippen LogP contribution in [0.4, 0.5) is 0 Å². The van der Waals surface area contributed by atoms with Gasteiger partial charge in [-0.25, -0.2) is 0 Å². The van der Waals surface area contributed by atoms with Gasteiger partial charge in [-0.1, -0.05) is 196 Å². The highest BCUT2D eigenvalue weighted by atomic mass is 16.6. The van der Waals surface area contributed by atoms with Crippen LogP contribution in [-0.2, 0) is 28.6 Å². The summed E-state index contributed by atoms with van der Waals surface area (Å²) in [6.07, 6.45) is 65.6. The molecule has 0 amide bonds. The fraction of sp³-hybridized carbons (Fsp3) is 0.702. The first-order chi connectivity index (χ1) is 31.0. The number of esters is 3. The Kier molecular flexibility index (Phi) is 48.5.